The van der Waals surface area contributed by atoms with Gasteiger partial charge in [-0.1, -0.05) is 13.8 Å². The van der Waals surface area contributed by atoms with Crippen LogP contribution in [0.5, 0.6) is 0 Å². The minimum atomic E-state index is -0.549. The number of carbonyl (C=O) groups excluding carboxylic acids is 1. The first-order chi connectivity index (χ1) is 8.56. The number of nitrogens with zero attached hydrogens (tertiary/aromatic N) is 2. The van der Waals surface area contributed by atoms with Gasteiger partial charge in [0.1, 0.15) is 5.82 Å². The molecule has 1 aromatic rings. The number of nitrogens with two attached hydrogens (primary N) is 1. The van der Waals surface area contributed by atoms with Gasteiger partial charge in [-0.25, -0.2) is 14.8 Å². The van der Waals surface area contributed by atoms with Crippen molar-refractivity contribution in [1.29, 1.82) is 0 Å². The summed E-state index contributed by atoms with van der Waals surface area (Å²) in [5, 5.41) is 3.20. The molecule has 0 saturated carbocycles. The molecular formula is C12H20N4O2. The van der Waals surface area contributed by atoms with Gasteiger partial charge < -0.3 is 15.8 Å². The molecule has 18 heavy (non-hydrogen) atoms. The van der Waals surface area contributed by atoms with E-state index in [4.69, 9.17) is 5.73 Å². The van der Waals surface area contributed by atoms with E-state index in [1.165, 1.54) is 13.3 Å². The van der Waals surface area contributed by atoms with Crippen LogP contribution >= 0.6 is 0 Å². The fourth-order valence-electron chi connectivity index (χ4n) is 1.62. The summed E-state index contributed by atoms with van der Waals surface area (Å²) in [7, 11) is 1.30. The maximum absolute atomic E-state index is 11.3. The third kappa shape index (κ3) is 4.29. The third-order valence-electron chi connectivity index (χ3n) is 2.42. The van der Waals surface area contributed by atoms with Crippen LogP contribution in [0.2, 0.25) is 0 Å². The summed E-state index contributed by atoms with van der Waals surface area (Å²) in [5.74, 6) is 0.615. The molecule has 0 amide bonds. The minimum absolute atomic E-state index is 0.0443. The van der Waals surface area contributed by atoms with Crippen molar-refractivity contribution in [1.82, 2.24) is 9.97 Å². The zero-order valence-electron chi connectivity index (χ0n) is 11.0. The largest absolute Gasteiger partial charge is 0.463 e. The second kappa shape index (κ2) is 6.90. The van der Waals surface area contributed by atoms with E-state index in [1.54, 1.807) is 6.07 Å². The highest BCUT2D eigenvalue weighted by atomic mass is 16.5. The first kappa shape index (κ1) is 14.4. The highest BCUT2D eigenvalue weighted by molar-refractivity contribution is 5.85. The van der Waals surface area contributed by atoms with Gasteiger partial charge in [-0.05, 0) is 18.4 Å². The van der Waals surface area contributed by atoms with E-state index in [-0.39, 0.29) is 11.9 Å². The van der Waals surface area contributed by atoms with Crippen LogP contribution in [0.1, 0.15) is 30.9 Å². The van der Waals surface area contributed by atoms with Gasteiger partial charge in [-0.2, -0.15) is 0 Å². The minimum Gasteiger partial charge on any atom is -0.463 e. The van der Waals surface area contributed by atoms with Crippen LogP contribution in [0.4, 0.5) is 5.82 Å². The van der Waals surface area contributed by atoms with Crippen molar-refractivity contribution >= 4 is 11.8 Å². The fraction of sp³-hybridized carbons (Fsp3) is 0.583. The Labute approximate surface area is 107 Å². The first-order valence-corrected chi connectivity index (χ1v) is 5.94. The van der Waals surface area contributed by atoms with Gasteiger partial charge in [-0.15, -0.1) is 0 Å². The Balaban J connectivity index is 2.74. The predicted molar refractivity (Wildman–Crippen MR) is 69.3 cm³/mol. The van der Waals surface area contributed by atoms with E-state index in [2.05, 4.69) is 33.9 Å². The Morgan fingerprint density at radius 1 is 1.56 bits per heavy atom. The SMILES string of the molecule is COC(=O)c1nccc(NC(CN)CC(C)C)n1. The number of methoxy groups -OCH3 is 1. The summed E-state index contributed by atoms with van der Waals surface area (Å²) < 4.78 is 4.57. The molecule has 0 aromatic carbocycles. The molecule has 0 fully saturated rings. The Kier molecular flexibility index (Phi) is 5.51. The zero-order valence-corrected chi connectivity index (χ0v) is 11.0. The molecule has 1 atom stereocenters. The second-order valence-corrected chi connectivity index (χ2v) is 4.46. The number of aromatic nitrogens is 2. The molecule has 0 aliphatic heterocycles. The van der Waals surface area contributed by atoms with Crippen LogP contribution < -0.4 is 11.1 Å². The van der Waals surface area contributed by atoms with E-state index >= 15 is 0 Å². The Hall–Kier alpha value is -1.69. The van der Waals surface area contributed by atoms with Gasteiger partial charge in [0, 0.05) is 18.8 Å². The number of esters is 1. The van der Waals surface area contributed by atoms with Crippen molar-refractivity contribution in [2.45, 2.75) is 26.3 Å². The van der Waals surface area contributed by atoms with Crippen LogP contribution in [-0.4, -0.2) is 35.6 Å². The van der Waals surface area contributed by atoms with Crippen LogP contribution in [0, 0.1) is 5.92 Å². The van der Waals surface area contributed by atoms with Crippen molar-refractivity contribution in [3.05, 3.63) is 18.1 Å². The Morgan fingerprint density at radius 2 is 2.28 bits per heavy atom. The van der Waals surface area contributed by atoms with Gasteiger partial charge in [-0.3, -0.25) is 0 Å². The van der Waals surface area contributed by atoms with Gasteiger partial charge in [0.15, 0.2) is 0 Å². The molecule has 6 heteroatoms. The Morgan fingerprint density at radius 3 is 2.83 bits per heavy atom. The van der Waals surface area contributed by atoms with Crippen molar-refractivity contribution < 1.29 is 9.53 Å². The molecule has 100 valence electrons. The molecule has 1 rings (SSSR count). The molecule has 0 aliphatic carbocycles. The molecule has 1 heterocycles. The lowest BCUT2D eigenvalue weighted by molar-refractivity contribution is 0.0587. The Bertz CT molecular complexity index is 395. The number of nitrogens with one attached hydrogen (secondary N) is 1. The molecule has 3 N–H and O–H groups in total. The van der Waals surface area contributed by atoms with E-state index < -0.39 is 5.97 Å². The van der Waals surface area contributed by atoms with Crippen molar-refractivity contribution in [2.24, 2.45) is 11.7 Å². The van der Waals surface area contributed by atoms with Gasteiger partial charge in [0.2, 0.25) is 5.82 Å². The van der Waals surface area contributed by atoms with Gasteiger partial charge in [0.25, 0.3) is 0 Å². The quantitative estimate of drug-likeness (QED) is 0.735. The number of ether oxygens (including phenoxy) is 1. The molecule has 0 saturated heterocycles. The molecule has 0 aliphatic rings. The van der Waals surface area contributed by atoms with Crippen LogP contribution in [0.15, 0.2) is 12.3 Å². The van der Waals surface area contributed by atoms with Gasteiger partial charge >= 0.3 is 5.97 Å². The lowest BCUT2D eigenvalue weighted by atomic mass is 10.0. The standard InChI is InChI=1S/C12H20N4O2/c1-8(2)6-9(7-13)15-10-4-5-14-11(16-10)12(17)18-3/h4-5,8-9H,6-7,13H2,1-3H3,(H,14,15,16). The van der Waals surface area contributed by atoms with Crippen molar-refractivity contribution in [2.75, 3.05) is 19.0 Å². The summed E-state index contributed by atoms with van der Waals surface area (Å²) in [6.07, 6.45) is 2.46. The molecule has 1 aromatic heterocycles. The third-order valence-corrected chi connectivity index (χ3v) is 2.42. The highest BCUT2D eigenvalue weighted by Crippen LogP contribution is 2.10. The first-order valence-electron chi connectivity index (χ1n) is 5.94. The van der Waals surface area contributed by atoms with Crippen molar-refractivity contribution in [3.8, 4) is 0 Å². The lowest BCUT2D eigenvalue weighted by Crippen LogP contribution is -2.30. The molecule has 1 unspecified atom stereocenters. The lowest BCUT2D eigenvalue weighted by Gasteiger charge is -2.19. The van der Waals surface area contributed by atoms with Crippen LogP contribution in [-0.2, 0) is 4.74 Å². The summed E-state index contributed by atoms with van der Waals surface area (Å²) in [4.78, 5) is 19.2. The van der Waals surface area contributed by atoms with E-state index in [0.29, 0.717) is 18.3 Å². The summed E-state index contributed by atoms with van der Waals surface area (Å²) in [5.41, 5.74) is 5.70. The maximum atomic E-state index is 11.3. The topological polar surface area (TPSA) is 90.1 Å². The van der Waals surface area contributed by atoms with E-state index in [1.807, 2.05) is 0 Å². The number of hydrogen-bond donors (Lipinski definition) is 2. The second-order valence-electron chi connectivity index (χ2n) is 4.46. The normalized spacial score (nSPS) is 12.3. The maximum Gasteiger partial charge on any atom is 0.376 e. The number of carbonyl (C=O) groups is 1. The number of rotatable bonds is 6. The summed E-state index contributed by atoms with van der Waals surface area (Å²) in [6, 6.07) is 1.83. The zero-order chi connectivity index (χ0) is 13.5. The van der Waals surface area contributed by atoms with E-state index in [9.17, 15) is 4.79 Å². The molecule has 0 spiro atoms. The molecule has 0 radical (unpaired) electrons. The molecular weight excluding hydrogens is 232 g/mol. The number of anilines is 1. The molecule has 6 nitrogen and oxygen atoms in total. The fourth-order valence-corrected chi connectivity index (χ4v) is 1.62. The van der Waals surface area contributed by atoms with Gasteiger partial charge in [0.05, 0.1) is 7.11 Å². The summed E-state index contributed by atoms with van der Waals surface area (Å²) >= 11 is 0. The average Bonchev–Trinajstić information content (AvgIpc) is 2.36. The van der Waals surface area contributed by atoms with Crippen LogP contribution in [0.25, 0.3) is 0 Å². The highest BCUT2D eigenvalue weighted by Gasteiger charge is 2.13. The summed E-state index contributed by atoms with van der Waals surface area (Å²) in [6.45, 7) is 4.77. The molecule has 0 bridgehead atoms. The smallest absolute Gasteiger partial charge is 0.376 e. The van der Waals surface area contributed by atoms with Crippen LogP contribution in [0.3, 0.4) is 0 Å². The average molecular weight is 252 g/mol. The monoisotopic (exact) mass is 252 g/mol. The van der Waals surface area contributed by atoms with E-state index in [0.717, 1.165) is 6.42 Å². The van der Waals surface area contributed by atoms with Crippen molar-refractivity contribution in [3.63, 3.8) is 0 Å². The number of hydrogen-bond acceptors (Lipinski definition) is 6. The predicted octanol–water partition coefficient (Wildman–Crippen LogP) is 1.05.